The molecule has 140 valence electrons. The molecule has 0 heterocycles. The van der Waals surface area contributed by atoms with Gasteiger partial charge in [-0.3, -0.25) is 4.79 Å². The Bertz CT molecular complexity index is 798. The van der Waals surface area contributed by atoms with Crippen LogP contribution in [0, 0.1) is 16.7 Å². The maximum atomic E-state index is 13.9. The zero-order chi connectivity index (χ0) is 19.1. The highest BCUT2D eigenvalue weighted by Crippen LogP contribution is 2.66. The molecule has 0 radical (unpaired) electrons. The smallest absolute Gasteiger partial charge is 0.233 e. The molecule has 0 saturated heterocycles. The first-order valence-corrected chi connectivity index (χ1v) is 10.0. The predicted molar refractivity (Wildman–Crippen MR) is 110 cm³/mol. The van der Waals surface area contributed by atoms with Gasteiger partial charge in [0.1, 0.15) is 0 Å². The van der Waals surface area contributed by atoms with Gasteiger partial charge in [-0.1, -0.05) is 86.7 Å². The van der Waals surface area contributed by atoms with Gasteiger partial charge in [0.05, 0.1) is 5.41 Å². The summed E-state index contributed by atoms with van der Waals surface area (Å²) < 4.78 is 0. The second-order valence-electron chi connectivity index (χ2n) is 8.85. The van der Waals surface area contributed by atoms with Crippen molar-refractivity contribution < 1.29 is 4.79 Å². The van der Waals surface area contributed by atoms with Gasteiger partial charge in [-0.15, -0.1) is 0 Å². The summed E-state index contributed by atoms with van der Waals surface area (Å²) in [4.78, 5) is 16.0. The molecular weight excluding hydrogens is 330 g/mol. The van der Waals surface area contributed by atoms with E-state index in [9.17, 15) is 4.79 Å². The zero-order valence-electron chi connectivity index (χ0n) is 16.4. The van der Waals surface area contributed by atoms with Gasteiger partial charge in [0, 0.05) is 13.1 Å². The van der Waals surface area contributed by atoms with Crippen LogP contribution in [0.15, 0.2) is 72.8 Å². The van der Waals surface area contributed by atoms with Crippen LogP contribution < -0.4 is 0 Å². The minimum Gasteiger partial charge on any atom is -0.333 e. The molecular formula is C25H29NO. The summed E-state index contributed by atoms with van der Waals surface area (Å²) in [6, 6.07) is 20.6. The third-order valence-electron chi connectivity index (χ3n) is 7.02. The number of benzene rings is 2. The maximum Gasteiger partial charge on any atom is 0.233 e. The van der Waals surface area contributed by atoms with Gasteiger partial charge < -0.3 is 4.90 Å². The van der Waals surface area contributed by atoms with Crippen LogP contribution in [0.1, 0.15) is 44.2 Å². The first-order valence-electron chi connectivity index (χ1n) is 10.0. The molecule has 1 amide bonds. The molecule has 4 rings (SSSR count). The second kappa shape index (κ2) is 6.67. The number of amides is 1. The number of nitrogens with zero attached hydrogens (tertiary/aromatic N) is 1. The van der Waals surface area contributed by atoms with Gasteiger partial charge in [-0.2, -0.15) is 0 Å². The van der Waals surface area contributed by atoms with E-state index in [2.05, 4.69) is 49.6 Å². The molecule has 2 aliphatic rings. The summed E-state index contributed by atoms with van der Waals surface area (Å²) in [7, 11) is 0. The lowest BCUT2D eigenvalue weighted by atomic mass is 9.68. The van der Waals surface area contributed by atoms with E-state index in [0.29, 0.717) is 19.0 Å². The SMILES string of the molecule is C=C1C(C)(C)[C@H]2CC[C@@]1(C(=O)N(Cc1ccccc1)Cc1ccccc1)C2. The summed E-state index contributed by atoms with van der Waals surface area (Å²) in [6.45, 7) is 10.3. The average molecular weight is 360 g/mol. The molecule has 2 heteroatoms. The molecule has 2 fully saturated rings. The van der Waals surface area contributed by atoms with Crippen LogP contribution in [-0.2, 0) is 17.9 Å². The lowest BCUT2D eigenvalue weighted by Crippen LogP contribution is -2.43. The molecule has 2 aromatic rings. The number of hydrogen-bond donors (Lipinski definition) is 0. The second-order valence-corrected chi connectivity index (χ2v) is 8.85. The molecule has 2 saturated carbocycles. The predicted octanol–water partition coefficient (Wildman–Crippen LogP) is 5.60. The third-order valence-corrected chi connectivity index (χ3v) is 7.02. The molecule has 2 aromatic carbocycles. The summed E-state index contributed by atoms with van der Waals surface area (Å²) in [6.07, 6.45) is 3.07. The Kier molecular flexibility index (Phi) is 4.46. The van der Waals surface area contributed by atoms with Crippen molar-refractivity contribution in [3.63, 3.8) is 0 Å². The van der Waals surface area contributed by atoms with E-state index in [1.807, 2.05) is 36.4 Å². The Morgan fingerprint density at radius 3 is 1.96 bits per heavy atom. The molecule has 0 spiro atoms. The van der Waals surface area contributed by atoms with Gasteiger partial charge in [0.15, 0.2) is 0 Å². The Labute approximate surface area is 162 Å². The Morgan fingerprint density at radius 1 is 1.00 bits per heavy atom. The molecule has 0 unspecified atom stereocenters. The molecule has 2 atom stereocenters. The van der Waals surface area contributed by atoms with Crippen molar-refractivity contribution in [3.8, 4) is 0 Å². The molecule has 2 nitrogen and oxygen atoms in total. The number of fused-ring (bicyclic) bond motifs is 2. The van der Waals surface area contributed by atoms with E-state index >= 15 is 0 Å². The van der Waals surface area contributed by atoms with Gasteiger partial charge in [0.2, 0.25) is 5.91 Å². The Hall–Kier alpha value is -2.35. The highest BCUT2D eigenvalue weighted by atomic mass is 16.2. The molecule has 0 N–H and O–H groups in total. The van der Waals surface area contributed by atoms with Crippen LogP contribution in [0.2, 0.25) is 0 Å². The standard InChI is InChI=1S/C25H29NO/c1-19-24(2,3)22-14-15-25(19,16-22)23(27)26(17-20-10-6-4-7-11-20)18-21-12-8-5-9-13-21/h4-13,22H,1,14-18H2,2-3H3/t22-,25+/m0/s1. The first-order chi connectivity index (χ1) is 12.9. The zero-order valence-corrected chi connectivity index (χ0v) is 16.4. The highest BCUT2D eigenvalue weighted by molar-refractivity contribution is 5.87. The van der Waals surface area contributed by atoms with Gasteiger partial charge in [-0.25, -0.2) is 0 Å². The average Bonchev–Trinajstić information content (AvgIpc) is 3.21. The van der Waals surface area contributed by atoms with Crippen LogP contribution in [0.3, 0.4) is 0 Å². The van der Waals surface area contributed by atoms with Crippen LogP contribution in [-0.4, -0.2) is 10.8 Å². The van der Waals surface area contributed by atoms with Crippen molar-refractivity contribution in [2.24, 2.45) is 16.7 Å². The molecule has 0 aliphatic heterocycles. The minimum absolute atomic E-state index is 0.0685. The maximum absolute atomic E-state index is 13.9. The van der Waals surface area contributed by atoms with E-state index in [1.54, 1.807) is 0 Å². The van der Waals surface area contributed by atoms with Crippen molar-refractivity contribution in [3.05, 3.63) is 83.9 Å². The van der Waals surface area contributed by atoms with Gasteiger partial charge >= 0.3 is 0 Å². The quantitative estimate of drug-likeness (QED) is 0.637. The monoisotopic (exact) mass is 359 g/mol. The molecule has 0 aromatic heterocycles. The third kappa shape index (κ3) is 3.01. The molecule has 2 bridgehead atoms. The van der Waals surface area contributed by atoms with Crippen molar-refractivity contribution in [1.29, 1.82) is 0 Å². The van der Waals surface area contributed by atoms with Crippen LogP contribution in [0.4, 0.5) is 0 Å². The van der Waals surface area contributed by atoms with Crippen LogP contribution in [0.5, 0.6) is 0 Å². The van der Waals surface area contributed by atoms with E-state index < -0.39 is 0 Å². The topological polar surface area (TPSA) is 20.3 Å². The Morgan fingerprint density at radius 2 is 1.52 bits per heavy atom. The fraction of sp³-hybridized carbons (Fsp3) is 0.400. The van der Waals surface area contributed by atoms with Gasteiger partial charge in [-0.05, 0) is 41.7 Å². The summed E-state index contributed by atoms with van der Waals surface area (Å²) in [5.74, 6) is 0.859. The summed E-state index contributed by atoms with van der Waals surface area (Å²) in [5, 5.41) is 0. The normalized spacial score (nSPS) is 25.6. The van der Waals surface area contributed by atoms with Gasteiger partial charge in [0.25, 0.3) is 0 Å². The van der Waals surface area contributed by atoms with Crippen molar-refractivity contribution >= 4 is 5.91 Å². The lowest BCUT2D eigenvalue weighted by molar-refractivity contribution is -0.141. The van der Waals surface area contributed by atoms with Crippen LogP contribution in [0.25, 0.3) is 0 Å². The van der Waals surface area contributed by atoms with E-state index in [4.69, 9.17) is 0 Å². The Balaban J connectivity index is 1.65. The minimum atomic E-state index is -0.363. The summed E-state index contributed by atoms with van der Waals surface area (Å²) in [5.41, 5.74) is 3.21. The van der Waals surface area contributed by atoms with E-state index in [-0.39, 0.29) is 16.7 Å². The fourth-order valence-electron chi connectivity index (χ4n) is 5.23. The van der Waals surface area contributed by atoms with E-state index in [0.717, 1.165) is 24.8 Å². The number of carbonyl (C=O) groups is 1. The fourth-order valence-corrected chi connectivity index (χ4v) is 5.23. The first kappa shape index (κ1) is 18.0. The van der Waals surface area contributed by atoms with Crippen molar-refractivity contribution in [2.45, 2.75) is 46.2 Å². The molecule has 2 aliphatic carbocycles. The molecule has 27 heavy (non-hydrogen) atoms. The highest BCUT2D eigenvalue weighted by Gasteiger charge is 2.61. The number of rotatable bonds is 5. The summed E-state index contributed by atoms with van der Waals surface area (Å²) >= 11 is 0. The van der Waals surface area contributed by atoms with Crippen molar-refractivity contribution in [2.75, 3.05) is 0 Å². The number of carbonyl (C=O) groups excluding carboxylic acids is 1. The van der Waals surface area contributed by atoms with Crippen LogP contribution >= 0.6 is 0 Å². The number of hydrogen-bond acceptors (Lipinski definition) is 1. The van der Waals surface area contributed by atoms with Crippen molar-refractivity contribution in [1.82, 2.24) is 4.90 Å². The lowest BCUT2D eigenvalue weighted by Gasteiger charge is -2.40. The van der Waals surface area contributed by atoms with E-state index in [1.165, 1.54) is 11.1 Å². The largest absolute Gasteiger partial charge is 0.333 e.